The third kappa shape index (κ3) is 9.57. The molecule has 3 amide bonds. The highest BCUT2D eigenvalue weighted by atomic mass is 32.1. The zero-order chi connectivity index (χ0) is 31.6. The Morgan fingerprint density at radius 1 is 1.19 bits per heavy atom. The van der Waals surface area contributed by atoms with Crippen LogP contribution in [0.25, 0.3) is 10.4 Å². The molecule has 2 heterocycles. The standard InChI is InChI=1S/C31H44N4O7S/c1-20-28(43-19-33-20)23-11-9-22(10-12-23)13-14-32-29(39)25-16-24(36)17-35(25)30(40)31(3,4)21(2)34-26(37)18-42-15-7-6-8-27(38)41-5/h9-12,19,21,24-25,36H,6-8,13-18H2,1-5H3,(H,32,39)(H,34,37)/t21-,24+,25-/m0/s1. The maximum absolute atomic E-state index is 13.6. The van der Waals surface area contributed by atoms with Gasteiger partial charge in [0.05, 0.1) is 34.7 Å². The Morgan fingerprint density at radius 3 is 2.56 bits per heavy atom. The quantitative estimate of drug-likeness (QED) is 0.204. The van der Waals surface area contributed by atoms with Gasteiger partial charge < -0.3 is 30.1 Å². The normalized spacial score (nSPS) is 17.4. The Bertz CT molecular complexity index is 1250. The number of nitrogens with zero attached hydrogens (tertiary/aromatic N) is 2. The zero-order valence-electron chi connectivity index (χ0n) is 25.7. The molecule has 236 valence electrons. The van der Waals surface area contributed by atoms with Crippen LogP contribution in [0, 0.1) is 12.3 Å². The van der Waals surface area contributed by atoms with E-state index in [1.807, 2.05) is 36.7 Å². The van der Waals surface area contributed by atoms with Gasteiger partial charge in [0.1, 0.15) is 12.6 Å². The number of hydrogen-bond acceptors (Lipinski definition) is 9. The number of hydrogen-bond donors (Lipinski definition) is 3. The second kappa shape index (κ2) is 15.9. The Balaban J connectivity index is 1.47. The van der Waals surface area contributed by atoms with E-state index in [0.717, 1.165) is 21.7 Å². The van der Waals surface area contributed by atoms with Crippen molar-refractivity contribution >= 4 is 35.0 Å². The van der Waals surface area contributed by atoms with Gasteiger partial charge in [0.15, 0.2) is 0 Å². The summed E-state index contributed by atoms with van der Waals surface area (Å²) in [5.41, 5.74) is 3.96. The number of carbonyl (C=O) groups excluding carboxylic acids is 4. The van der Waals surface area contributed by atoms with Gasteiger partial charge in [0, 0.05) is 38.6 Å². The third-order valence-electron chi connectivity index (χ3n) is 7.91. The highest BCUT2D eigenvalue weighted by Crippen LogP contribution is 2.30. The van der Waals surface area contributed by atoms with Gasteiger partial charge in [-0.1, -0.05) is 24.3 Å². The molecule has 0 bridgehead atoms. The van der Waals surface area contributed by atoms with Crippen molar-refractivity contribution in [1.82, 2.24) is 20.5 Å². The number of benzene rings is 1. The van der Waals surface area contributed by atoms with Crippen LogP contribution in [0.2, 0.25) is 0 Å². The van der Waals surface area contributed by atoms with Crippen molar-refractivity contribution in [2.45, 2.75) is 78.0 Å². The number of aliphatic hydroxyl groups excluding tert-OH is 1. The van der Waals surface area contributed by atoms with E-state index in [-0.39, 0.29) is 43.3 Å². The van der Waals surface area contributed by atoms with E-state index >= 15 is 0 Å². The first-order valence-electron chi connectivity index (χ1n) is 14.6. The minimum absolute atomic E-state index is 0.0498. The highest BCUT2D eigenvalue weighted by molar-refractivity contribution is 7.13. The van der Waals surface area contributed by atoms with Gasteiger partial charge >= 0.3 is 5.97 Å². The molecule has 3 atom stereocenters. The number of carbonyl (C=O) groups is 4. The molecule has 1 saturated heterocycles. The maximum Gasteiger partial charge on any atom is 0.305 e. The van der Waals surface area contributed by atoms with Crippen LogP contribution in [-0.4, -0.2) is 90.3 Å². The molecule has 1 fully saturated rings. The lowest BCUT2D eigenvalue weighted by atomic mass is 9.83. The number of ether oxygens (including phenoxy) is 2. The van der Waals surface area contributed by atoms with Crippen molar-refractivity contribution in [2.75, 3.05) is 33.4 Å². The molecule has 1 aromatic carbocycles. The molecule has 43 heavy (non-hydrogen) atoms. The monoisotopic (exact) mass is 616 g/mol. The van der Waals surface area contributed by atoms with Crippen molar-refractivity contribution in [3.8, 4) is 10.4 Å². The number of aliphatic hydroxyl groups is 1. The van der Waals surface area contributed by atoms with E-state index < -0.39 is 23.6 Å². The van der Waals surface area contributed by atoms with E-state index in [9.17, 15) is 24.3 Å². The van der Waals surface area contributed by atoms with Crippen molar-refractivity contribution in [3.63, 3.8) is 0 Å². The molecule has 0 radical (unpaired) electrons. The number of amides is 3. The van der Waals surface area contributed by atoms with E-state index in [2.05, 4.69) is 20.4 Å². The molecule has 0 unspecified atom stereocenters. The van der Waals surface area contributed by atoms with Crippen LogP contribution < -0.4 is 10.6 Å². The number of rotatable bonds is 15. The van der Waals surface area contributed by atoms with Crippen LogP contribution in [-0.2, 0) is 35.1 Å². The Morgan fingerprint density at radius 2 is 1.91 bits per heavy atom. The molecular formula is C31H44N4O7S. The van der Waals surface area contributed by atoms with Gasteiger partial charge in [-0.2, -0.15) is 0 Å². The summed E-state index contributed by atoms with van der Waals surface area (Å²) < 4.78 is 9.99. The number of unbranched alkanes of at least 4 members (excludes halogenated alkanes) is 1. The van der Waals surface area contributed by atoms with Crippen molar-refractivity contribution in [2.24, 2.45) is 5.41 Å². The summed E-state index contributed by atoms with van der Waals surface area (Å²) in [6.45, 7) is 7.73. The Labute approximate surface area is 257 Å². The van der Waals surface area contributed by atoms with Gasteiger partial charge in [0.2, 0.25) is 17.7 Å². The molecule has 11 nitrogen and oxygen atoms in total. The van der Waals surface area contributed by atoms with Crippen molar-refractivity contribution < 1.29 is 33.8 Å². The number of β-amino-alcohol motifs (C(OH)–C–C–N with tert-alkyl or cyclic N) is 1. The SMILES string of the molecule is COC(=O)CCCCOCC(=O)N[C@@H](C)C(C)(C)C(=O)N1C[C@H](O)C[C@H]1C(=O)NCCc1ccc(-c2scnc2C)cc1. The molecule has 1 aliphatic heterocycles. The summed E-state index contributed by atoms with van der Waals surface area (Å²) in [5, 5.41) is 16.1. The number of esters is 1. The average Bonchev–Trinajstić information content (AvgIpc) is 3.59. The number of aromatic nitrogens is 1. The predicted octanol–water partition coefficient (Wildman–Crippen LogP) is 2.63. The molecule has 1 aliphatic rings. The average molecular weight is 617 g/mol. The van der Waals surface area contributed by atoms with Gasteiger partial charge in [-0.15, -0.1) is 11.3 Å². The van der Waals surface area contributed by atoms with E-state index in [1.54, 1.807) is 32.1 Å². The van der Waals surface area contributed by atoms with Crippen LogP contribution in [0.1, 0.15) is 57.7 Å². The fourth-order valence-corrected chi connectivity index (χ4v) is 5.71. The summed E-state index contributed by atoms with van der Waals surface area (Å²) in [7, 11) is 1.34. The summed E-state index contributed by atoms with van der Waals surface area (Å²) >= 11 is 1.60. The van der Waals surface area contributed by atoms with E-state index in [0.29, 0.717) is 38.8 Å². The molecule has 12 heteroatoms. The first-order valence-corrected chi connectivity index (χ1v) is 15.5. The summed E-state index contributed by atoms with van der Waals surface area (Å²) in [5.74, 6) is -1.29. The van der Waals surface area contributed by atoms with Crippen molar-refractivity contribution in [1.29, 1.82) is 0 Å². The molecule has 0 saturated carbocycles. The van der Waals surface area contributed by atoms with Gasteiger partial charge in [0.25, 0.3) is 0 Å². The number of thiazole rings is 1. The molecule has 0 spiro atoms. The van der Waals surface area contributed by atoms with Crippen LogP contribution in [0.4, 0.5) is 0 Å². The smallest absolute Gasteiger partial charge is 0.305 e. The highest BCUT2D eigenvalue weighted by Gasteiger charge is 2.46. The van der Waals surface area contributed by atoms with Crippen LogP contribution >= 0.6 is 11.3 Å². The van der Waals surface area contributed by atoms with Crippen molar-refractivity contribution in [3.05, 3.63) is 41.0 Å². The van der Waals surface area contributed by atoms with E-state index in [1.165, 1.54) is 12.0 Å². The second-order valence-electron chi connectivity index (χ2n) is 11.5. The zero-order valence-corrected chi connectivity index (χ0v) is 26.5. The molecule has 0 aliphatic carbocycles. The van der Waals surface area contributed by atoms with Crippen LogP contribution in [0.3, 0.4) is 0 Å². The molecule has 3 rings (SSSR count). The summed E-state index contributed by atoms with van der Waals surface area (Å²) in [6.07, 6.45) is 1.48. The number of methoxy groups -OCH3 is 1. The molecule has 2 aromatic rings. The predicted molar refractivity (Wildman–Crippen MR) is 163 cm³/mol. The minimum Gasteiger partial charge on any atom is -0.469 e. The van der Waals surface area contributed by atoms with Gasteiger partial charge in [-0.05, 0) is 58.1 Å². The minimum atomic E-state index is -1.04. The van der Waals surface area contributed by atoms with Gasteiger partial charge in [-0.3, -0.25) is 19.2 Å². The lowest BCUT2D eigenvalue weighted by molar-refractivity contribution is -0.147. The fraction of sp³-hybridized carbons (Fsp3) is 0.581. The molecule has 3 N–H and O–H groups in total. The molecular weight excluding hydrogens is 572 g/mol. The maximum atomic E-state index is 13.6. The largest absolute Gasteiger partial charge is 0.469 e. The summed E-state index contributed by atoms with van der Waals surface area (Å²) in [6, 6.07) is 6.80. The first-order chi connectivity index (χ1) is 20.4. The number of aryl methyl sites for hydroxylation is 1. The van der Waals surface area contributed by atoms with Gasteiger partial charge in [-0.25, -0.2) is 4.98 Å². The fourth-order valence-electron chi connectivity index (χ4n) is 4.90. The van der Waals surface area contributed by atoms with E-state index in [4.69, 9.17) is 4.74 Å². The topological polar surface area (TPSA) is 147 Å². The molecule has 1 aromatic heterocycles. The lowest BCUT2D eigenvalue weighted by Crippen LogP contribution is -2.56. The van der Waals surface area contributed by atoms with Crippen LogP contribution in [0.5, 0.6) is 0 Å². The second-order valence-corrected chi connectivity index (χ2v) is 12.3. The lowest BCUT2D eigenvalue weighted by Gasteiger charge is -2.36. The number of likely N-dealkylation sites (tertiary alicyclic amines) is 1. The third-order valence-corrected chi connectivity index (χ3v) is 8.89. The summed E-state index contributed by atoms with van der Waals surface area (Å²) in [4.78, 5) is 57.2. The Hall–Kier alpha value is -3.35. The van der Waals surface area contributed by atoms with Crippen LogP contribution in [0.15, 0.2) is 29.8 Å². The number of nitrogens with one attached hydrogen (secondary N) is 2. The Kier molecular flexibility index (Phi) is 12.6. The first kappa shape index (κ1) is 34.1.